The highest BCUT2D eigenvalue weighted by atomic mass is 19.1. The van der Waals surface area contributed by atoms with E-state index in [-0.39, 0.29) is 35.6 Å². The van der Waals surface area contributed by atoms with Crippen molar-refractivity contribution in [2.45, 2.75) is 57.9 Å². The van der Waals surface area contributed by atoms with E-state index >= 15 is 0 Å². The second kappa shape index (κ2) is 9.87. The Morgan fingerprint density at radius 1 is 1.11 bits per heavy atom. The third-order valence-electron chi connectivity index (χ3n) is 7.35. The summed E-state index contributed by atoms with van der Waals surface area (Å²) < 4.78 is 16.7. The fourth-order valence-electron chi connectivity index (χ4n) is 5.38. The van der Waals surface area contributed by atoms with Gasteiger partial charge in [-0.3, -0.25) is 9.48 Å². The van der Waals surface area contributed by atoms with Gasteiger partial charge in [0.1, 0.15) is 11.3 Å². The van der Waals surface area contributed by atoms with Crippen molar-refractivity contribution < 1.29 is 14.0 Å². The van der Waals surface area contributed by atoms with Crippen LogP contribution in [0.25, 0.3) is 22.0 Å². The molecule has 1 aromatic carbocycles. The molecule has 9 heteroatoms. The standard InChI is InChI=1S/C27H33FN6O2/c1-16(2)25-21-13-19(14-22(28)24(21)32-33(25)3)17-8-9-29-23(15-17)31-26(35)18-6-4-7-20(12-18)30-27(36)34-10-5-11-34/h8-9,13-16,18,20H,4-7,10-12H2,1-3H3,(H,30,36)(H,29,31,35)/t18-,20+/m0/s1. The third kappa shape index (κ3) is 4.79. The van der Waals surface area contributed by atoms with Crippen LogP contribution in [0.1, 0.15) is 57.6 Å². The van der Waals surface area contributed by atoms with Crippen molar-refractivity contribution in [3.05, 3.63) is 42.0 Å². The number of hydrogen-bond donors (Lipinski definition) is 2. The number of hydrogen-bond acceptors (Lipinski definition) is 4. The molecule has 8 nitrogen and oxygen atoms in total. The van der Waals surface area contributed by atoms with Crippen LogP contribution in [-0.2, 0) is 11.8 Å². The van der Waals surface area contributed by atoms with E-state index in [0.717, 1.165) is 55.4 Å². The summed E-state index contributed by atoms with van der Waals surface area (Å²) >= 11 is 0. The molecule has 1 saturated heterocycles. The summed E-state index contributed by atoms with van der Waals surface area (Å²) in [7, 11) is 1.83. The number of urea groups is 1. The first-order valence-electron chi connectivity index (χ1n) is 12.8. The summed E-state index contributed by atoms with van der Waals surface area (Å²) in [5.74, 6) is -0.0416. The van der Waals surface area contributed by atoms with Crippen LogP contribution in [0.3, 0.4) is 0 Å². The van der Waals surface area contributed by atoms with Gasteiger partial charge in [0.05, 0.1) is 0 Å². The van der Waals surface area contributed by atoms with Crippen molar-refractivity contribution in [2.75, 3.05) is 18.4 Å². The van der Waals surface area contributed by atoms with Crippen LogP contribution in [0.15, 0.2) is 30.5 Å². The number of aromatic nitrogens is 3. The Balaban J connectivity index is 1.31. The van der Waals surface area contributed by atoms with E-state index in [9.17, 15) is 14.0 Å². The van der Waals surface area contributed by atoms with Crippen LogP contribution in [0.5, 0.6) is 0 Å². The third-order valence-corrected chi connectivity index (χ3v) is 7.35. The highest BCUT2D eigenvalue weighted by Crippen LogP contribution is 2.32. The quantitative estimate of drug-likeness (QED) is 0.535. The zero-order chi connectivity index (χ0) is 25.4. The number of carbonyl (C=O) groups excluding carboxylic acids is 2. The molecule has 2 aromatic heterocycles. The summed E-state index contributed by atoms with van der Waals surface area (Å²) in [6.45, 7) is 5.74. The number of pyridine rings is 1. The molecule has 0 spiro atoms. The lowest BCUT2D eigenvalue weighted by atomic mass is 9.85. The van der Waals surface area contributed by atoms with Gasteiger partial charge in [0, 0.05) is 49.4 Å². The number of carbonyl (C=O) groups is 2. The van der Waals surface area contributed by atoms with Crippen LogP contribution >= 0.6 is 0 Å². The summed E-state index contributed by atoms with van der Waals surface area (Å²) in [4.78, 5) is 31.5. The maximum Gasteiger partial charge on any atom is 0.317 e. The Morgan fingerprint density at radius 2 is 1.92 bits per heavy atom. The number of halogens is 1. The van der Waals surface area contributed by atoms with E-state index in [2.05, 4.69) is 34.6 Å². The Hall–Kier alpha value is -3.49. The van der Waals surface area contributed by atoms with E-state index in [0.29, 0.717) is 23.3 Å². The molecule has 190 valence electrons. The summed E-state index contributed by atoms with van der Waals surface area (Å²) in [5, 5.41) is 11.2. The number of amides is 3. The lowest BCUT2D eigenvalue weighted by Gasteiger charge is -2.35. The van der Waals surface area contributed by atoms with Crippen molar-refractivity contribution in [1.82, 2.24) is 25.0 Å². The molecule has 1 aliphatic carbocycles. The minimum atomic E-state index is -0.374. The minimum absolute atomic E-state index is 0.00577. The molecule has 3 amide bonds. The predicted octanol–water partition coefficient (Wildman–Crippen LogP) is 4.81. The molecule has 2 fully saturated rings. The average molecular weight is 493 g/mol. The highest BCUT2D eigenvalue weighted by Gasteiger charge is 2.30. The molecule has 2 aliphatic rings. The number of aryl methyl sites for hydroxylation is 1. The Morgan fingerprint density at radius 3 is 2.64 bits per heavy atom. The van der Waals surface area contributed by atoms with Gasteiger partial charge in [0.2, 0.25) is 5.91 Å². The first kappa shape index (κ1) is 24.2. The Labute approximate surface area is 210 Å². The van der Waals surface area contributed by atoms with Crippen molar-refractivity contribution in [3.8, 4) is 11.1 Å². The second-order valence-electron chi connectivity index (χ2n) is 10.3. The molecule has 1 saturated carbocycles. The lowest BCUT2D eigenvalue weighted by Crippen LogP contribution is -2.51. The van der Waals surface area contributed by atoms with E-state index < -0.39 is 0 Å². The number of nitrogens with one attached hydrogen (secondary N) is 2. The largest absolute Gasteiger partial charge is 0.335 e. The van der Waals surface area contributed by atoms with Crippen LogP contribution < -0.4 is 10.6 Å². The van der Waals surface area contributed by atoms with Crippen LogP contribution in [0.4, 0.5) is 15.0 Å². The van der Waals surface area contributed by atoms with Crippen molar-refractivity contribution >= 4 is 28.7 Å². The molecule has 5 rings (SSSR count). The predicted molar refractivity (Wildman–Crippen MR) is 137 cm³/mol. The van der Waals surface area contributed by atoms with Crippen LogP contribution in [-0.4, -0.2) is 50.7 Å². The molecule has 36 heavy (non-hydrogen) atoms. The molecule has 2 atom stereocenters. The molecular weight excluding hydrogens is 459 g/mol. The molecule has 1 aliphatic heterocycles. The van der Waals surface area contributed by atoms with Gasteiger partial charge in [-0.2, -0.15) is 5.10 Å². The lowest BCUT2D eigenvalue weighted by molar-refractivity contribution is -0.121. The van der Waals surface area contributed by atoms with Gasteiger partial charge >= 0.3 is 6.03 Å². The number of nitrogens with zero attached hydrogens (tertiary/aromatic N) is 4. The fraction of sp³-hybridized carbons (Fsp3) is 0.481. The zero-order valence-electron chi connectivity index (χ0n) is 21.1. The molecule has 3 aromatic rings. The molecule has 2 N–H and O–H groups in total. The van der Waals surface area contributed by atoms with E-state index in [4.69, 9.17) is 0 Å². The smallest absolute Gasteiger partial charge is 0.317 e. The van der Waals surface area contributed by atoms with E-state index in [1.165, 1.54) is 6.07 Å². The Bertz CT molecular complexity index is 1300. The topological polar surface area (TPSA) is 92.2 Å². The highest BCUT2D eigenvalue weighted by molar-refractivity contribution is 5.93. The van der Waals surface area contributed by atoms with Crippen LogP contribution in [0, 0.1) is 11.7 Å². The minimum Gasteiger partial charge on any atom is -0.335 e. The second-order valence-corrected chi connectivity index (χ2v) is 10.3. The SMILES string of the molecule is CC(C)c1c2cc(-c3ccnc(NC(=O)[C@H]4CCC[C@@H](NC(=O)N5CCC5)C4)c3)cc(F)c2nn1C. The van der Waals surface area contributed by atoms with Crippen molar-refractivity contribution in [3.63, 3.8) is 0 Å². The van der Waals surface area contributed by atoms with Gasteiger partial charge in [-0.25, -0.2) is 14.2 Å². The van der Waals surface area contributed by atoms with Gasteiger partial charge in [-0.15, -0.1) is 0 Å². The maximum atomic E-state index is 15.0. The van der Waals surface area contributed by atoms with Gasteiger partial charge in [0.15, 0.2) is 5.82 Å². The number of fused-ring (bicyclic) bond motifs is 1. The molecule has 0 bridgehead atoms. The first-order valence-corrected chi connectivity index (χ1v) is 12.8. The van der Waals surface area contributed by atoms with E-state index in [1.54, 1.807) is 21.8 Å². The van der Waals surface area contributed by atoms with Gasteiger partial charge in [-0.1, -0.05) is 20.3 Å². The van der Waals surface area contributed by atoms with Gasteiger partial charge < -0.3 is 15.5 Å². The molecular formula is C27H33FN6O2. The number of likely N-dealkylation sites (tertiary alicyclic amines) is 1. The van der Waals surface area contributed by atoms with Crippen LogP contribution in [0.2, 0.25) is 0 Å². The maximum absolute atomic E-state index is 15.0. The summed E-state index contributed by atoms with van der Waals surface area (Å²) in [6, 6.07) is 6.99. The van der Waals surface area contributed by atoms with Gasteiger partial charge in [0.25, 0.3) is 0 Å². The first-order chi connectivity index (χ1) is 17.3. The van der Waals surface area contributed by atoms with Gasteiger partial charge in [-0.05, 0) is 67.0 Å². The summed E-state index contributed by atoms with van der Waals surface area (Å²) in [5.41, 5.74) is 2.81. The fourth-order valence-corrected chi connectivity index (χ4v) is 5.38. The van der Waals surface area contributed by atoms with Crippen molar-refractivity contribution in [1.29, 1.82) is 0 Å². The molecule has 0 radical (unpaired) electrons. The zero-order valence-corrected chi connectivity index (χ0v) is 21.1. The van der Waals surface area contributed by atoms with E-state index in [1.807, 2.05) is 19.2 Å². The summed E-state index contributed by atoms with van der Waals surface area (Å²) in [6.07, 6.45) is 5.85. The monoisotopic (exact) mass is 492 g/mol. The number of benzene rings is 1. The molecule has 0 unspecified atom stereocenters. The average Bonchev–Trinajstić information content (AvgIpc) is 3.15. The number of rotatable bonds is 5. The Kier molecular flexibility index (Phi) is 6.64. The van der Waals surface area contributed by atoms with Crippen molar-refractivity contribution in [2.24, 2.45) is 13.0 Å². The number of anilines is 1. The molecule has 3 heterocycles. The normalized spacial score (nSPS) is 19.9.